The van der Waals surface area contributed by atoms with Crippen LogP contribution >= 0.6 is 0 Å². The van der Waals surface area contributed by atoms with Gasteiger partial charge in [0, 0.05) is 32.9 Å². The first-order valence-corrected chi connectivity index (χ1v) is 7.03. The summed E-state index contributed by atoms with van der Waals surface area (Å²) in [7, 11) is 3.35. The Kier molecular flexibility index (Phi) is 6.68. The fourth-order valence-corrected chi connectivity index (χ4v) is 1.75. The number of nitrogens with two attached hydrogens (primary N) is 1. The molecule has 0 saturated carbocycles. The SMILES string of the molecule is CCCN(CC(=O)N(C)C)C(=O)Nc1ccc(CN)cc1. The monoisotopic (exact) mass is 292 g/mol. The van der Waals surface area contributed by atoms with E-state index in [1.54, 1.807) is 26.2 Å². The van der Waals surface area contributed by atoms with E-state index in [9.17, 15) is 9.59 Å². The Morgan fingerprint density at radius 3 is 2.29 bits per heavy atom. The number of amides is 3. The van der Waals surface area contributed by atoms with Crippen LogP contribution < -0.4 is 11.1 Å². The van der Waals surface area contributed by atoms with Gasteiger partial charge in [-0.2, -0.15) is 0 Å². The number of nitrogens with zero attached hydrogens (tertiary/aromatic N) is 2. The molecule has 0 aliphatic heterocycles. The van der Waals surface area contributed by atoms with Crippen molar-refractivity contribution >= 4 is 17.6 Å². The fourth-order valence-electron chi connectivity index (χ4n) is 1.75. The summed E-state index contributed by atoms with van der Waals surface area (Å²) in [6.45, 7) is 3.05. The molecular weight excluding hydrogens is 268 g/mol. The van der Waals surface area contributed by atoms with Crippen molar-refractivity contribution in [3.8, 4) is 0 Å². The van der Waals surface area contributed by atoms with Crippen LogP contribution in [0.25, 0.3) is 0 Å². The van der Waals surface area contributed by atoms with Crippen LogP contribution in [0.4, 0.5) is 10.5 Å². The van der Waals surface area contributed by atoms with Gasteiger partial charge in [0.15, 0.2) is 0 Å². The minimum atomic E-state index is -0.271. The summed E-state index contributed by atoms with van der Waals surface area (Å²) in [5.41, 5.74) is 7.23. The van der Waals surface area contributed by atoms with Crippen molar-refractivity contribution in [1.29, 1.82) is 0 Å². The maximum atomic E-state index is 12.2. The van der Waals surface area contributed by atoms with Gasteiger partial charge < -0.3 is 20.9 Å². The maximum Gasteiger partial charge on any atom is 0.322 e. The molecule has 0 bridgehead atoms. The average Bonchev–Trinajstić information content (AvgIpc) is 2.47. The molecule has 0 aliphatic carbocycles. The van der Waals surface area contributed by atoms with Crippen molar-refractivity contribution in [3.63, 3.8) is 0 Å². The summed E-state index contributed by atoms with van der Waals surface area (Å²) >= 11 is 0. The second kappa shape index (κ2) is 8.26. The standard InChI is InChI=1S/C15H24N4O2/c1-4-9-19(11-14(20)18(2)3)15(21)17-13-7-5-12(10-16)6-8-13/h5-8H,4,9-11,16H2,1-3H3,(H,17,21). The van der Waals surface area contributed by atoms with Crippen LogP contribution in [0.1, 0.15) is 18.9 Å². The molecule has 0 aromatic heterocycles. The van der Waals surface area contributed by atoms with E-state index in [0.717, 1.165) is 12.0 Å². The van der Waals surface area contributed by atoms with Crippen LogP contribution in [0.15, 0.2) is 24.3 Å². The molecule has 0 saturated heterocycles. The van der Waals surface area contributed by atoms with Crippen molar-refractivity contribution in [2.45, 2.75) is 19.9 Å². The molecule has 3 amide bonds. The van der Waals surface area contributed by atoms with Crippen LogP contribution in [0.3, 0.4) is 0 Å². The molecule has 0 fully saturated rings. The number of carbonyl (C=O) groups is 2. The van der Waals surface area contributed by atoms with Crippen LogP contribution in [-0.2, 0) is 11.3 Å². The molecule has 21 heavy (non-hydrogen) atoms. The molecule has 0 unspecified atom stereocenters. The Bertz CT molecular complexity index is 471. The summed E-state index contributed by atoms with van der Waals surface area (Å²) in [6, 6.07) is 7.07. The van der Waals surface area contributed by atoms with Gasteiger partial charge in [0.25, 0.3) is 0 Å². The lowest BCUT2D eigenvalue weighted by Gasteiger charge is -2.23. The van der Waals surface area contributed by atoms with E-state index in [0.29, 0.717) is 18.8 Å². The molecule has 1 aromatic carbocycles. The predicted octanol–water partition coefficient (Wildman–Crippen LogP) is 1.48. The van der Waals surface area contributed by atoms with E-state index < -0.39 is 0 Å². The van der Waals surface area contributed by atoms with Crippen molar-refractivity contribution in [2.24, 2.45) is 5.73 Å². The molecular formula is C15H24N4O2. The highest BCUT2D eigenvalue weighted by Crippen LogP contribution is 2.10. The molecule has 0 atom stereocenters. The number of likely N-dealkylation sites (N-methyl/N-ethyl adjacent to an activating group) is 1. The van der Waals surface area contributed by atoms with E-state index in [-0.39, 0.29) is 18.5 Å². The summed E-state index contributed by atoms with van der Waals surface area (Å²) in [4.78, 5) is 27.0. The zero-order valence-corrected chi connectivity index (χ0v) is 12.9. The molecule has 116 valence electrons. The van der Waals surface area contributed by atoms with Crippen LogP contribution in [-0.4, -0.2) is 48.9 Å². The van der Waals surface area contributed by atoms with Gasteiger partial charge in [-0.15, -0.1) is 0 Å². The topological polar surface area (TPSA) is 78.7 Å². The molecule has 1 aromatic rings. The normalized spacial score (nSPS) is 10.1. The van der Waals surface area contributed by atoms with Crippen molar-refractivity contribution in [1.82, 2.24) is 9.80 Å². The zero-order chi connectivity index (χ0) is 15.8. The number of hydrogen-bond acceptors (Lipinski definition) is 3. The van der Waals surface area contributed by atoms with Gasteiger partial charge in [0.1, 0.15) is 6.54 Å². The first kappa shape index (κ1) is 17.0. The Labute approximate surface area is 125 Å². The third-order valence-electron chi connectivity index (χ3n) is 3.05. The number of anilines is 1. The van der Waals surface area contributed by atoms with Gasteiger partial charge >= 0.3 is 6.03 Å². The third-order valence-corrected chi connectivity index (χ3v) is 3.05. The predicted molar refractivity (Wildman–Crippen MR) is 83.9 cm³/mol. The lowest BCUT2D eigenvalue weighted by Crippen LogP contribution is -2.42. The number of carbonyl (C=O) groups excluding carboxylic acids is 2. The molecule has 0 spiro atoms. The Hall–Kier alpha value is -2.08. The number of hydrogen-bond donors (Lipinski definition) is 2. The highest BCUT2D eigenvalue weighted by Gasteiger charge is 2.17. The molecule has 1 rings (SSSR count). The summed E-state index contributed by atoms with van der Waals surface area (Å²) in [5.74, 6) is -0.0999. The van der Waals surface area contributed by atoms with E-state index >= 15 is 0 Å². The van der Waals surface area contributed by atoms with Gasteiger partial charge in [-0.3, -0.25) is 4.79 Å². The van der Waals surface area contributed by atoms with Gasteiger partial charge in [-0.05, 0) is 24.1 Å². The molecule has 3 N–H and O–H groups in total. The van der Waals surface area contributed by atoms with E-state index in [1.165, 1.54) is 9.80 Å². The smallest absolute Gasteiger partial charge is 0.322 e. The molecule has 0 radical (unpaired) electrons. The van der Waals surface area contributed by atoms with Crippen molar-refractivity contribution < 1.29 is 9.59 Å². The lowest BCUT2D eigenvalue weighted by molar-refractivity contribution is -0.129. The maximum absolute atomic E-state index is 12.2. The molecule has 0 heterocycles. The molecule has 6 nitrogen and oxygen atoms in total. The van der Waals surface area contributed by atoms with Crippen molar-refractivity contribution in [2.75, 3.05) is 32.5 Å². The second-order valence-electron chi connectivity index (χ2n) is 5.04. The largest absolute Gasteiger partial charge is 0.347 e. The first-order chi connectivity index (χ1) is 9.97. The number of nitrogens with one attached hydrogen (secondary N) is 1. The van der Waals surface area contributed by atoms with Crippen molar-refractivity contribution in [3.05, 3.63) is 29.8 Å². The highest BCUT2D eigenvalue weighted by molar-refractivity contribution is 5.92. The number of benzene rings is 1. The summed E-state index contributed by atoms with van der Waals surface area (Å²) in [5, 5.41) is 2.80. The van der Waals surface area contributed by atoms with Gasteiger partial charge in [0.05, 0.1) is 0 Å². The fraction of sp³-hybridized carbons (Fsp3) is 0.467. The minimum absolute atomic E-state index is 0.0769. The molecule has 0 aliphatic rings. The zero-order valence-electron chi connectivity index (χ0n) is 12.9. The Balaban J connectivity index is 2.69. The first-order valence-electron chi connectivity index (χ1n) is 7.03. The summed E-state index contributed by atoms with van der Waals surface area (Å²) in [6.07, 6.45) is 0.792. The van der Waals surface area contributed by atoms with Crippen LogP contribution in [0, 0.1) is 0 Å². The summed E-state index contributed by atoms with van der Waals surface area (Å²) < 4.78 is 0. The van der Waals surface area contributed by atoms with E-state index in [1.807, 2.05) is 19.1 Å². The quantitative estimate of drug-likeness (QED) is 0.833. The average molecular weight is 292 g/mol. The second-order valence-corrected chi connectivity index (χ2v) is 5.04. The number of urea groups is 1. The molecule has 6 heteroatoms. The third kappa shape index (κ3) is 5.43. The highest BCUT2D eigenvalue weighted by atomic mass is 16.2. The number of rotatable bonds is 6. The van der Waals surface area contributed by atoms with Gasteiger partial charge in [0.2, 0.25) is 5.91 Å². The van der Waals surface area contributed by atoms with Gasteiger partial charge in [-0.25, -0.2) is 4.79 Å². The van der Waals surface area contributed by atoms with Crippen LogP contribution in [0.2, 0.25) is 0 Å². The Morgan fingerprint density at radius 1 is 1.19 bits per heavy atom. The Morgan fingerprint density at radius 2 is 1.81 bits per heavy atom. The lowest BCUT2D eigenvalue weighted by atomic mass is 10.2. The van der Waals surface area contributed by atoms with E-state index in [4.69, 9.17) is 5.73 Å². The van der Waals surface area contributed by atoms with Gasteiger partial charge in [-0.1, -0.05) is 19.1 Å². The van der Waals surface area contributed by atoms with Crippen LogP contribution in [0.5, 0.6) is 0 Å². The van der Waals surface area contributed by atoms with E-state index in [2.05, 4.69) is 5.32 Å². The minimum Gasteiger partial charge on any atom is -0.347 e.